The second kappa shape index (κ2) is 8.62. The highest BCUT2D eigenvalue weighted by molar-refractivity contribution is 5.99. The number of hydrogen-bond acceptors (Lipinski definition) is 2. The third-order valence-corrected chi connectivity index (χ3v) is 10.9. The topological polar surface area (TPSA) is 37.3 Å². The number of rotatable bonds is 5. The van der Waals surface area contributed by atoms with Gasteiger partial charge in [-0.05, 0) is 104 Å². The highest BCUT2D eigenvalue weighted by Gasteiger charge is 2.64. The summed E-state index contributed by atoms with van der Waals surface area (Å²) in [6.45, 7) is 14.3. The van der Waals surface area contributed by atoms with Gasteiger partial charge in [-0.2, -0.15) is 0 Å². The van der Waals surface area contributed by atoms with Gasteiger partial charge < -0.3 is 5.11 Å². The Hall–Kier alpha value is -0.630. The van der Waals surface area contributed by atoms with Crippen LogP contribution in [0.1, 0.15) is 106 Å². The summed E-state index contributed by atoms with van der Waals surface area (Å²) >= 11 is 0. The molecule has 0 aliphatic heterocycles. The van der Waals surface area contributed by atoms with Gasteiger partial charge in [-0.25, -0.2) is 0 Å². The minimum Gasteiger partial charge on any atom is -0.393 e. The SMILES string of the molecule is C/C=C1/C(=O)[C@@H]2[C@H](CC[C@]3(C)[C@@H]([C@H](C)CCCC(C)C)CC[C@@H]23)[C@@]2(C)CC[C@@H](O)C[C@@H]12. The summed E-state index contributed by atoms with van der Waals surface area (Å²) in [6.07, 6.45) is 13.8. The Balaban J connectivity index is 1.59. The van der Waals surface area contributed by atoms with E-state index in [1.54, 1.807) is 0 Å². The number of allylic oxidation sites excluding steroid dienone is 2. The van der Waals surface area contributed by atoms with E-state index in [1.165, 1.54) is 44.9 Å². The molecule has 0 heterocycles. The van der Waals surface area contributed by atoms with Gasteiger partial charge in [-0.1, -0.05) is 60.0 Å². The molecule has 9 atom stereocenters. The Morgan fingerprint density at radius 1 is 1.00 bits per heavy atom. The number of aliphatic hydroxyl groups excluding tert-OH is 1. The molecule has 31 heavy (non-hydrogen) atoms. The molecule has 0 saturated heterocycles. The fourth-order valence-corrected chi connectivity index (χ4v) is 9.21. The molecular formula is C29H48O2. The first-order chi connectivity index (χ1) is 14.6. The maximum atomic E-state index is 14.0. The molecule has 2 heteroatoms. The number of aliphatic hydroxyl groups is 1. The van der Waals surface area contributed by atoms with Gasteiger partial charge in [0.1, 0.15) is 0 Å². The van der Waals surface area contributed by atoms with Crippen molar-refractivity contribution in [3.05, 3.63) is 11.6 Å². The maximum absolute atomic E-state index is 14.0. The van der Waals surface area contributed by atoms with Crippen LogP contribution in [0.4, 0.5) is 0 Å². The molecular weight excluding hydrogens is 380 g/mol. The Morgan fingerprint density at radius 3 is 2.35 bits per heavy atom. The van der Waals surface area contributed by atoms with Crippen molar-refractivity contribution in [3.63, 3.8) is 0 Å². The van der Waals surface area contributed by atoms with Crippen molar-refractivity contribution in [1.29, 1.82) is 0 Å². The molecule has 4 rings (SSSR count). The number of ketones is 1. The van der Waals surface area contributed by atoms with Gasteiger partial charge in [0.25, 0.3) is 0 Å². The van der Waals surface area contributed by atoms with E-state index < -0.39 is 0 Å². The van der Waals surface area contributed by atoms with E-state index in [0.29, 0.717) is 23.0 Å². The molecule has 0 aromatic rings. The van der Waals surface area contributed by atoms with Gasteiger partial charge in [0.05, 0.1) is 6.10 Å². The van der Waals surface area contributed by atoms with Gasteiger partial charge in [0.2, 0.25) is 0 Å². The van der Waals surface area contributed by atoms with Gasteiger partial charge in [0, 0.05) is 5.92 Å². The van der Waals surface area contributed by atoms with Crippen LogP contribution in [-0.4, -0.2) is 17.0 Å². The second-order valence-electron chi connectivity index (χ2n) is 12.9. The molecule has 2 nitrogen and oxygen atoms in total. The van der Waals surface area contributed by atoms with Gasteiger partial charge in [0.15, 0.2) is 5.78 Å². The zero-order valence-electron chi connectivity index (χ0n) is 21.1. The lowest BCUT2D eigenvalue weighted by Gasteiger charge is -2.61. The van der Waals surface area contributed by atoms with Crippen LogP contribution in [0.2, 0.25) is 0 Å². The minimum atomic E-state index is -0.228. The van der Waals surface area contributed by atoms with Crippen molar-refractivity contribution in [3.8, 4) is 0 Å². The number of carbonyl (C=O) groups is 1. The molecule has 4 saturated carbocycles. The normalized spacial score (nSPS) is 47.2. The largest absolute Gasteiger partial charge is 0.393 e. The standard InChI is InChI=1S/C29H48O2/c1-7-21-25-17-20(30)13-15-29(25,6)24-14-16-28(5)22(19(4)10-8-9-18(2)3)11-12-23(28)26(24)27(21)31/h7,18-20,22-26,30H,8-17H2,1-6H3/b21-7+/t19-,20-,22-,23+,24+,25+,26+,28-,29-/m1/s1. The molecule has 4 fully saturated rings. The van der Waals surface area contributed by atoms with Crippen LogP contribution in [0.15, 0.2) is 11.6 Å². The van der Waals surface area contributed by atoms with E-state index >= 15 is 0 Å². The predicted molar refractivity (Wildman–Crippen MR) is 129 cm³/mol. The van der Waals surface area contributed by atoms with Crippen molar-refractivity contribution in [2.75, 3.05) is 0 Å². The average Bonchev–Trinajstić information content (AvgIpc) is 3.06. The molecule has 4 aliphatic carbocycles. The Bertz CT molecular complexity index is 708. The quantitative estimate of drug-likeness (QED) is 0.470. The lowest BCUT2D eigenvalue weighted by molar-refractivity contribution is -0.150. The van der Waals surface area contributed by atoms with Crippen LogP contribution in [0, 0.1) is 52.3 Å². The summed E-state index contributed by atoms with van der Waals surface area (Å²) in [4.78, 5) is 14.0. The molecule has 0 aromatic heterocycles. The van der Waals surface area contributed by atoms with Crippen LogP contribution in [0.5, 0.6) is 0 Å². The molecule has 176 valence electrons. The summed E-state index contributed by atoms with van der Waals surface area (Å²) in [7, 11) is 0. The first-order valence-corrected chi connectivity index (χ1v) is 13.5. The van der Waals surface area contributed by atoms with Gasteiger partial charge >= 0.3 is 0 Å². The van der Waals surface area contributed by atoms with Gasteiger partial charge in [-0.15, -0.1) is 0 Å². The van der Waals surface area contributed by atoms with Crippen LogP contribution in [0.3, 0.4) is 0 Å². The van der Waals surface area contributed by atoms with E-state index in [-0.39, 0.29) is 23.4 Å². The molecule has 0 radical (unpaired) electrons. The predicted octanol–water partition coefficient (Wildman–Crippen LogP) is 7.20. The monoisotopic (exact) mass is 428 g/mol. The second-order valence-corrected chi connectivity index (χ2v) is 12.9. The minimum absolute atomic E-state index is 0.196. The van der Waals surface area contributed by atoms with Crippen molar-refractivity contribution >= 4 is 5.78 Å². The van der Waals surface area contributed by atoms with E-state index in [0.717, 1.165) is 42.6 Å². The lowest BCUT2D eigenvalue weighted by atomic mass is 9.43. The van der Waals surface area contributed by atoms with E-state index in [4.69, 9.17) is 0 Å². The summed E-state index contributed by atoms with van der Waals surface area (Å²) in [6, 6.07) is 0. The molecule has 0 aromatic carbocycles. The fraction of sp³-hybridized carbons (Fsp3) is 0.897. The zero-order chi connectivity index (χ0) is 22.6. The highest BCUT2D eigenvalue weighted by Crippen LogP contribution is 2.68. The molecule has 1 N–H and O–H groups in total. The van der Waals surface area contributed by atoms with Crippen molar-refractivity contribution in [1.82, 2.24) is 0 Å². The Kier molecular flexibility index (Phi) is 6.54. The third-order valence-electron chi connectivity index (χ3n) is 10.9. The summed E-state index contributed by atoms with van der Waals surface area (Å²) in [5.74, 6) is 4.42. The molecule has 0 spiro atoms. The van der Waals surface area contributed by atoms with Crippen molar-refractivity contribution in [2.45, 2.75) is 112 Å². The van der Waals surface area contributed by atoms with E-state index in [9.17, 15) is 9.90 Å². The molecule has 0 unspecified atom stereocenters. The summed E-state index contributed by atoms with van der Waals surface area (Å²) in [5, 5.41) is 10.4. The molecule has 0 amide bonds. The third kappa shape index (κ3) is 3.77. The van der Waals surface area contributed by atoms with Crippen molar-refractivity contribution < 1.29 is 9.90 Å². The molecule has 4 aliphatic rings. The lowest BCUT2D eigenvalue weighted by Crippen LogP contribution is -2.58. The van der Waals surface area contributed by atoms with Gasteiger partial charge in [-0.3, -0.25) is 4.79 Å². The number of fused-ring (bicyclic) bond motifs is 5. The van der Waals surface area contributed by atoms with Crippen molar-refractivity contribution in [2.24, 2.45) is 52.3 Å². The average molecular weight is 429 g/mol. The number of hydrogen-bond donors (Lipinski definition) is 1. The van der Waals surface area contributed by atoms with Crippen LogP contribution >= 0.6 is 0 Å². The Labute approximate surface area is 191 Å². The summed E-state index contributed by atoms with van der Waals surface area (Å²) in [5.41, 5.74) is 1.60. The number of carbonyl (C=O) groups excluding carboxylic acids is 1. The fourth-order valence-electron chi connectivity index (χ4n) is 9.21. The summed E-state index contributed by atoms with van der Waals surface area (Å²) < 4.78 is 0. The van der Waals surface area contributed by atoms with E-state index in [2.05, 4.69) is 47.6 Å². The van der Waals surface area contributed by atoms with Crippen LogP contribution in [-0.2, 0) is 4.79 Å². The maximum Gasteiger partial charge on any atom is 0.162 e. The molecule has 0 bridgehead atoms. The first-order valence-electron chi connectivity index (χ1n) is 13.5. The Morgan fingerprint density at radius 2 is 1.68 bits per heavy atom. The smallest absolute Gasteiger partial charge is 0.162 e. The van der Waals surface area contributed by atoms with Crippen LogP contribution < -0.4 is 0 Å². The highest BCUT2D eigenvalue weighted by atomic mass is 16.3. The van der Waals surface area contributed by atoms with E-state index in [1.807, 2.05) is 0 Å². The van der Waals surface area contributed by atoms with Crippen LogP contribution in [0.25, 0.3) is 0 Å². The first kappa shape index (κ1) is 23.5. The number of Topliss-reactive ketones (excluding diaryl/α,β-unsaturated/α-hetero) is 1. The zero-order valence-corrected chi connectivity index (χ0v) is 21.1.